The van der Waals surface area contributed by atoms with E-state index in [-0.39, 0.29) is 24.0 Å². The van der Waals surface area contributed by atoms with E-state index < -0.39 is 5.97 Å². The smallest absolute Gasteiger partial charge is 0.356 e. The molecule has 1 saturated heterocycles. The summed E-state index contributed by atoms with van der Waals surface area (Å²) in [5.74, 6) is 1.53. The molecule has 3 N–H and O–H groups in total. The average molecular weight is 347 g/mol. The van der Waals surface area contributed by atoms with E-state index in [1.54, 1.807) is 0 Å². The normalized spacial score (nSPS) is 17.6. The largest absolute Gasteiger partial charge is 0.464 e. The van der Waals surface area contributed by atoms with Crippen molar-refractivity contribution in [2.24, 2.45) is 7.05 Å². The number of aliphatic hydroxyl groups is 1. The van der Waals surface area contributed by atoms with Gasteiger partial charge < -0.3 is 25.0 Å². The second kappa shape index (κ2) is 7.01. The number of aliphatic hydroxyl groups excluding tert-OH is 1. The van der Waals surface area contributed by atoms with Crippen molar-refractivity contribution in [3.63, 3.8) is 0 Å². The van der Waals surface area contributed by atoms with E-state index in [0.717, 1.165) is 25.2 Å². The van der Waals surface area contributed by atoms with Gasteiger partial charge in [0.05, 0.1) is 7.11 Å². The van der Waals surface area contributed by atoms with Crippen molar-refractivity contribution in [3.8, 4) is 0 Å². The zero-order chi connectivity index (χ0) is 18.0. The monoisotopic (exact) mass is 347 g/mol. The van der Waals surface area contributed by atoms with Gasteiger partial charge in [-0.3, -0.25) is 0 Å². The maximum atomic E-state index is 11.7. The summed E-state index contributed by atoms with van der Waals surface area (Å²) in [6, 6.07) is 1.40. The number of nitrogens with zero attached hydrogens (tertiary/aromatic N) is 6. The van der Waals surface area contributed by atoms with Gasteiger partial charge in [-0.05, 0) is 12.8 Å². The van der Waals surface area contributed by atoms with Crippen LogP contribution in [0.1, 0.15) is 40.9 Å². The zero-order valence-corrected chi connectivity index (χ0v) is 14.2. The van der Waals surface area contributed by atoms with Gasteiger partial charge in [0.25, 0.3) is 0 Å². The Morgan fingerprint density at radius 1 is 1.44 bits per heavy atom. The van der Waals surface area contributed by atoms with Crippen molar-refractivity contribution >= 4 is 17.7 Å². The van der Waals surface area contributed by atoms with Crippen LogP contribution in [0.3, 0.4) is 0 Å². The standard InChI is InChI=1S/C15H21N7O3/c1-21-12(8-23)19-20-13(21)9-4-3-5-22(7-9)15-17-10(14(24)25-2)6-11(16)18-15/h6,9,23H,3-5,7-8H2,1-2H3,(H2,16,17,18). The maximum Gasteiger partial charge on any atom is 0.356 e. The second-order valence-corrected chi connectivity index (χ2v) is 5.95. The minimum Gasteiger partial charge on any atom is -0.464 e. The van der Waals surface area contributed by atoms with E-state index in [9.17, 15) is 9.90 Å². The van der Waals surface area contributed by atoms with Gasteiger partial charge in [0.15, 0.2) is 11.5 Å². The van der Waals surface area contributed by atoms with Crippen LogP contribution in [0.15, 0.2) is 6.07 Å². The Labute approximate surface area is 144 Å². The van der Waals surface area contributed by atoms with E-state index in [0.29, 0.717) is 18.3 Å². The van der Waals surface area contributed by atoms with Crippen LogP contribution < -0.4 is 10.6 Å². The molecule has 1 aliphatic rings. The number of esters is 1. The number of carbonyl (C=O) groups excluding carboxylic acids is 1. The van der Waals surface area contributed by atoms with Gasteiger partial charge in [-0.25, -0.2) is 9.78 Å². The van der Waals surface area contributed by atoms with Crippen molar-refractivity contribution in [3.05, 3.63) is 23.4 Å². The summed E-state index contributed by atoms with van der Waals surface area (Å²) in [7, 11) is 3.14. The van der Waals surface area contributed by atoms with Crippen molar-refractivity contribution < 1.29 is 14.6 Å². The molecule has 10 heteroatoms. The second-order valence-electron chi connectivity index (χ2n) is 5.95. The molecule has 1 atom stereocenters. The van der Waals surface area contributed by atoms with Crippen LogP contribution in [0.2, 0.25) is 0 Å². The number of nitrogen functional groups attached to an aromatic ring is 1. The molecule has 0 spiro atoms. The number of hydrogen-bond acceptors (Lipinski definition) is 9. The van der Waals surface area contributed by atoms with Gasteiger partial charge in [-0.15, -0.1) is 10.2 Å². The molecule has 0 aromatic carbocycles. The van der Waals surface area contributed by atoms with E-state index in [1.807, 2.05) is 16.5 Å². The van der Waals surface area contributed by atoms with Crippen LogP contribution in [0.5, 0.6) is 0 Å². The number of rotatable bonds is 4. The Morgan fingerprint density at radius 2 is 2.24 bits per heavy atom. The molecule has 1 unspecified atom stereocenters. The molecule has 1 fully saturated rings. The first kappa shape index (κ1) is 17.1. The number of nitrogens with two attached hydrogens (primary N) is 1. The molecule has 0 radical (unpaired) electrons. The Balaban J connectivity index is 1.85. The third kappa shape index (κ3) is 3.38. The number of piperidine rings is 1. The van der Waals surface area contributed by atoms with Crippen LogP contribution in [-0.2, 0) is 18.4 Å². The summed E-state index contributed by atoms with van der Waals surface area (Å²) >= 11 is 0. The molecule has 1 aliphatic heterocycles. The summed E-state index contributed by atoms with van der Waals surface area (Å²) in [5.41, 5.74) is 5.94. The first-order valence-electron chi connectivity index (χ1n) is 8.00. The molecule has 3 rings (SSSR count). The highest BCUT2D eigenvalue weighted by Gasteiger charge is 2.28. The highest BCUT2D eigenvalue weighted by Crippen LogP contribution is 2.28. The first-order chi connectivity index (χ1) is 12.0. The van der Waals surface area contributed by atoms with E-state index in [4.69, 9.17) is 10.5 Å². The molecule has 0 aliphatic carbocycles. The van der Waals surface area contributed by atoms with Crippen molar-refractivity contribution in [1.82, 2.24) is 24.7 Å². The third-order valence-electron chi connectivity index (χ3n) is 4.34. The fourth-order valence-corrected chi connectivity index (χ4v) is 3.04. The lowest BCUT2D eigenvalue weighted by Crippen LogP contribution is -2.37. The molecule has 0 amide bonds. The summed E-state index contributed by atoms with van der Waals surface area (Å²) in [6.45, 7) is 1.23. The van der Waals surface area contributed by atoms with Gasteiger partial charge in [0.2, 0.25) is 5.95 Å². The van der Waals surface area contributed by atoms with Gasteiger partial charge in [-0.2, -0.15) is 4.98 Å². The molecule has 134 valence electrons. The summed E-state index contributed by atoms with van der Waals surface area (Å²) in [6.07, 6.45) is 1.86. The Morgan fingerprint density at radius 3 is 2.92 bits per heavy atom. The molecule has 0 saturated carbocycles. The number of aromatic nitrogens is 5. The fraction of sp³-hybridized carbons (Fsp3) is 0.533. The summed E-state index contributed by atoms with van der Waals surface area (Å²) in [4.78, 5) is 22.2. The molecule has 3 heterocycles. The molecule has 0 bridgehead atoms. The van der Waals surface area contributed by atoms with Gasteiger partial charge in [-0.1, -0.05) is 0 Å². The molecular weight excluding hydrogens is 326 g/mol. The highest BCUT2D eigenvalue weighted by atomic mass is 16.5. The average Bonchev–Trinajstić information content (AvgIpc) is 3.01. The van der Waals surface area contributed by atoms with Gasteiger partial charge in [0.1, 0.15) is 18.2 Å². The quantitative estimate of drug-likeness (QED) is 0.724. The first-order valence-corrected chi connectivity index (χ1v) is 8.00. The number of anilines is 2. The van der Waals surface area contributed by atoms with Gasteiger partial charge in [0, 0.05) is 32.1 Å². The van der Waals surface area contributed by atoms with Crippen LogP contribution >= 0.6 is 0 Å². The lowest BCUT2D eigenvalue weighted by atomic mass is 9.97. The highest BCUT2D eigenvalue weighted by molar-refractivity contribution is 5.88. The molecule has 25 heavy (non-hydrogen) atoms. The Kier molecular flexibility index (Phi) is 4.79. The maximum absolute atomic E-state index is 11.7. The fourth-order valence-electron chi connectivity index (χ4n) is 3.04. The number of carbonyl (C=O) groups is 1. The van der Waals surface area contributed by atoms with Crippen LogP contribution in [-0.4, -0.2) is 56.0 Å². The van der Waals surface area contributed by atoms with Crippen LogP contribution in [0.25, 0.3) is 0 Å². The van der Waals surface area contributed by atoms with Crippen molar-refractivity contribution in [2.45, 2.75) is 25.4 Å². The number of hydrogen-bond donors (Lipinski definition) is 2. The third-order valence-corrected chi connectivity index (χ3v) is 4.34. The Hall–Kier alpha value is -2.75. The van der Waals surface area contributed by atoms with E-state index >= 15 is 0 Å². The molecule has 2 aromatic rings. The minimum atomic E-state index is -0.551. The SMILES string of the molecule is COC(=O)c1cc(N)nc(N2CCCC(c3nnc(CO)n3C)C2)n1. The van der Waals surface area contributed by atoms with Crippen LogP contribution in [0.4, 0.5) is 11.8 Å². The topological polar surface area (TPSA) is 132 Å². The molecule has 2 aromatic heterocycles. The van der Waals surface area contributed by atoms with Crippen molar-refractivity contribution in [1.29, 1.82) is 0 Å². The predicted molar refractivity (Wildman–Crippen MR) is 88.9 cm³/mol. The van der Waals surface area contributed by atoms with Gasteiger partial charge >= 0.3 is 5.97 Å². The number of ether oxygens (including phenoxy) is 1. The van der Waals surface area contributed by atoms with Crippen molar-refractivity contribution in [2.75, 3.05) is 30.8 Å². The molecular formula is C15H21N7O3. The Bertz CT molecular complexity index is 776. The lowest BCUT2D eigenvalue weighted by molar-refractivity contribution is 0.0594. The summed E-state index contributed by atoms with van der Waals surface area (Å²) in [5, 5.41) is 17.5. The summed E-state index contributed by atoms with van der Waals surface area (Å²) < 4.78 is 6.52. The minimum absolute atomic E-state index is 0.123. The van der Waals surface area contributed by atoms with Crippen LogP contribution in [0, 0.1) is 0 Å². The lowest BCUT2D eigenvalue weighted by Gasteiger charge is -2.32. The van der Waals surface area contributed by atoms with E-state index in [1.165, 1.54) is 13.2 Å². The number of methoxy groups -OCH3 is 1. The zero-order valence-electron chi connectivity index (χ0n) is 14.2. The predicted octanol–water partition coefficient (Wildman–Crippen LogP) is -0.150. The van der Waals surface area contributed by atoms with E-state index in [2.05, 4.69) is 20.2 Å². The molecule has 10 nitrogen and oxygen atoms in total.